The predicted molar refractivity (Wildman–Crippen MR) is 138 cm³/mol. The summed E-state index contributed by atoms with van der Waals surface area (Å²) >= 11 is 0. The van der Waals surface area contributed by atoms with Crippen molar-refractivity contribution in [3.8, 4) is 0 Å². The Morgan fingerprint density at radius 1 is 0.778 bits per heavy atom. The van der Waals surface area contributed by atoms with Gasteiger partial charge >= 0.3 is 12.1 Å². The molecule has 36 heavy (non-hydrogen) atoms. The van der Waals surface area contributed by atoms with Crippen molar-refractivity contribution in [2.24, 2.45) is 0 Å². The number of rotatable bonds is 11. The third-order valence-corrected chi connectivity index (χ3v) is 5.39. The van der Waals surface area contributed by atoms with Gasteiger partial charge in [0.25, 0.3) is 0 Å². The standard InChI is InChI=1S/C29H30N2O5/c1-35-28(33)25(19-11-18-22-12-5-2-6-13-22)30-27(32)26(20-23-14-7-3-8-15-23)31-29(34)36-21-24-16-9-4-10-17-24/h2-18,25-26H,19-21H2,1H3,(H,30,32)(H,31,34)/b18-11+/t25-,26+/m1/s1. The van der Waals surface area contributed by atoms with Crippen LogP contribution in [0.15, 0.2) is 97.1 Å². The molecule has 3 aromatic rings. The second-order valence-electron chi connectivity index (χ2n) is 8.08. The third-order valence-electron chi connectivity index (χ3n) is 5.39. The van der Waals surface area contributed by atoms with E-state index in [0.29, 0.717) is 0 Å². The van der Waals surface area contributed by atoms with Crippen LogP contribution in [0.1, 0.15) is 23.1 Å². The zero-order valence-corrected chi connectivity index (χ0v) is 20.1. The van der Waals surface area contributed by atoms with Crippen LogP contribution in [0.25, 0.3) is 6.08 Å². The Balaban J connectivity index is 1.67. The molecule has 0 saturated heterocycles. The average molecular weight is 487 g/mol. The molecule has 3 rings (SSSR count). The van der Waals surface area contributed by atoms with Gasteiger partial charge in [-0.1, -0.05) is 103 Å². The summed E-state index contributed by atoms with van der Waals surface area (Å²) in [6, 6.07) is 26.3. The first-order chi connectivity index (χ1) is 17.5. The molecule has 0 aromatic heterocycles. The number of ether oxygens (including phenoxy) is 2. The summed E-state index contributed by atoms with van der Waals surface area (Å²) in [6.07, 6.45) is 3.38. The van der Waals surface area contributed by atoms with E-state index in [9.17, 15) is 14.4 Å². The van der Waals surface area contributed by atoms with Gasteiger partial charge in [0.2, 0.25) is 5.91 Å². The van der Waals surface area contributed by atoms with Gasteiger partial charge in [-0.3, -0.25) is 4.79 Å². The first-order valence-corrected chi connectivity index (χ1v) is 11.7. The predicted octanol–water partition coefficient (Wildman–Crippen LogP) is 4.29. The molecule has 2 N–H and O–H groups in total. The van der Waals surface area contributed by atoms with Crippen molar-refractivity contribution < 1.29 is 23.9 Å². The van der Waals surface area contributed by atoms with Gasteiger partial charge in [-0.25, -0.2) is 9.59 Å². The Kier molecular flexibility index (Phi) is 10.3. The van der Waals surface area contributed by atoms with Gasteiger partial charge in [-0.15, -0.1) is 0 Å². The lowest BCUT2D eigenvalue weighted by Crippen LogP contribution is -2.52. The van der Waals surface area contributed by atoms with E-state index in [1.807, 2.05) is 97.1 Å². The van der Waals surface area contributed by atoms with E-state index < -0.39 is 30.1 Å². The van der Waals surface area contributed by atoms with Crippen LogP contribution < -0.4 is 10.6 Å². The first-order valence-electron chi connectivity index (χ1n) is 11.7. The zero-order chi connectivity index (χ0) is 25.6. The molecule has 0 spiro atoms. The molecule has 186 valence electrons. The second-order valence-corrected chi connectivity index (χ2v) is 8.08. The number of hydrogen-bond donors (Lipinski definition) is 2. The lowest BCUT2D eigenvalue weighted by atomic mass is 10.0. The average Bonchev–Trinajstić information content (AvgIpc) is 2.92. The highest BCUT2D eigenvalue weighted by Gasteiger charge is 2.27. The summed E-state index contributed by atoms with van der Waals surface area (Å²) in [5, 5.41) is 5.35. The molecule has 2 atom stereocenters. The lowest BCUT2D eigenvalue weighted by Gasteiger charge is -2.22. The molecule has 0 fully saturated rings. The summed E-state index contributed by atoms with van der Waals surface area (Å²) < 4.78 is 10.2. The number of esters is 1. The minimum atomic E-state index is -0.957. The Morgan fingerprint density at radius 2 is 1.36 bits per heavy atom. The van der Waals surface area contributed by atoms with Crippen LogP contribution in [0.3, 0.4) is 0 Å². The molecular formula is C29H30N2O5. The van der Waals surface area contributed by atoms with Gasteiger partial charge in [0.15, 0.2) is 0 Å². The smallest absolute Gasteiger partial charge is 0.408 e. The maximum absolute atomic E-state index is 13.2. The van der Waals surface area contributed by atoms with Crippen LogP contribution in [0.2, 0.25) is 0 Å². The van der Waals surface area contributed by atoms with Crippen molar-refractivity contribution in [2.75, 3.05) is 7.11 Å². The number of carbonyl (C=O) groups excluding carboxylic acids is 3. The lowest BCUT2D eigenvalue weighted by molar-refractivity contribution is -0.145. The molecular weight excluding hydrogens is 456 g/mol. The summed E-state index contributed by atoms with van der Waals surface area (Å²) in [7, 11) is 1.27. The highest BCUT2D eigenvalue weighted by atomic mass is 16.5. The molecule has 0 aliphatic heterocycles. The number of hydrogen-bond acceptors (Lipinski definition) is 5. The molecule has 7 nitrogen and oxygen atoms in total. The third kappa shape index (κ3) is 8.76. The van der Waals surface area contributed by atoms with E-state index >= 15 is 0 Å². The number of carbonyl (C=O) groups is 3. The summed E-state index contributed by atoms with van der Waals surface area (Å²) in [4.78, 5) is 38.1. The number of methoxy groups -OCH3 is 1. The van der Waals surface area contributed by atoms with Gasteiger partial charge in [-0.2, -0.15) is 0 Å². The molecule has 0 saturated carbocycles. The van der Waals surface area contributed by atoms with E-state index in [0.717, 1.165) is 16.7 Å². The monoisotopic (exact) mass is 486 g/mol. The number of benzene rings is 3. The van der Waals surface area contributed by atoms with Gasteiger partial charge in [0, 0.05) is 6.42 Å². The number of amides is 2. The van der Waals surface area contributed by atoms with Crippen molar-refractivity contribution >= 4 is 24.0 Å². The fourth-order valence-corrected chi connectivity index (χ4v) is 3.50. The quantitative estimate of drug-likeness (QED) is 0.395. The Hall–Kier alpha value is -4.39. The molecule has 0 heterocycles. The Bertz CT molecular complexity index is 1130. The summed E-state index contributed by atoms with van der Waals surface area (Å²) in [5.74, 6) is -1.09. The Morgan fingerprint density at radius 3 is 1.97 bits per heavy atom. The van der Waals surface area contributed by atoms with Crippen molar-refractivity contribution in [1.29, 1.82) is 0 Å². The van der Waals surface area contributed by atoms with Crippen molar-refractivity contribution in [2.45, 2.75) is 31.5 Å². The van der Waals surface area contributed by atoms with Crippen LogP contribution in [0.5, 0.6) is 0 Å². The highest BCUT2D eigenvalue weighted by molar-refractivity contribution is 5.90. The van der Waals surface area contributed by atoms with Crippen molar-refractivity contribution in [3.05, 3.63) is 114 Å². The molecule has 0 radical (unpaired) electrons. The van der Waals surface area contributed by atoms with E-state index in [2.05, 4.69) is 10.6 Å². The van der Waals surface area contributed by atoms with E-state index in [1.165, 1.54) is 7.11 Å². The fourth-order valence-electron chi connectivity index (χ4n) is 3.50. The minimum Gasteiger partial charge on any atom is -0.467 e. The topological polar surface area (TPSA) is 93.7 Å². The van der Waals surface area contributed by atoms with Gasteiger partial charge in [0.05, 0.1) is 7.11 Å². The van der Waals surface area contributed by atoms with Crippen molar-refractivity contribution in [3.63, 3.8) is 0 Å². The second kappa shape index (κ2) is 14.1. The zero-order valence-electron chi connectivity index (χ0n) is 20.1. The largest absolute Gasteiger partial charge is 0.467 e. The van der Waals surface area contributed by atoms with Crippen LogP contribution in [0, 0.1) is 0 Å². The van der Waals surface area contributed by atoms with E-state index in [-0.39, 0.29) is 19.4 Å². The van der Waals surface area contributed by atoms with E-state index in [1.54, 1.807) is 6.08 Å². The maximum Gasteiger partial charge on any atom is 0.408 e. The number of nitrogens with one attached hydrogen (secondary N) is 2. The molecule has 3 aromatic carbocycles. The van der Waals surface area contributed by atoms with E-state index in [4.69, 9.17) is 9.47 Å². The molecule has 0 bridgehead atoms. The minimum absolute atomic E-state index is 0.0708. The van der Waals surface area contributed by atoms with Crippen molar-refractivity contribution in [1.82, 2.24) is 10.6 Å². The molecule has 7 heteroatoms. The first kappa shape index (κ1) is 26.2. The van der Waals surface area contributed by atoms with Gasteiger partial charge in [0.1, 0.15) is 18.7 Å². The molecule has 0 aliphatic carbocycles. The summed E-state index contributed by atoms with van der Waals surface area (Å²) in [5.41, 5.74) is 2.64. The number of alkyl carbamates (subject to hydrolysis) is 1. The normalized spacial score (nSPS) is 12.4. The Labute approximate surface area is 211 Å². The molecule has 2 amide bonds. The van der Waals surface area contributed by atoms with Gasteiger partial charge < -0.3 is 20.1 Å². The highest BCUT2D eigenvalue weighted by Crippen LogP contribution is 2.08. The SMILES string of the molecule is COC(=O)[C@@H](C/C=C/c1ccccc1)NC(=O)[C@H](Cc1ccccc1)NC(=O)OCc1ccccc1. The van der Waals surface area contributed by atoms with Crippen LogP contribution in [-0.2, 0) is 32.1 Å². The van der Waals surface area contributed by atoms with Gasteiger partial charge in [-0.05, 0) is 23.1 Å². The fraction of sp³-hybridized carbons (Fsp3) is 0.207. The summed E-state index contributed by atoms with van der Waals surface area (Å²) in [6.45, 7) is 0.0708. The molecule has 0 aliphatic rings. The van der Waals surface area contributed by atoms with Crippen LogP contribution in [-0.4, -0.2) is 37.2 Å². The molecule has 0 unspecified atom stereocenters. The van der Waals surface area contributed by atoms with Crippen LogP contribution in [0.4, 0.5) is 4.79 Å². The maximum atomic E-state index is 13.2. The van der Waals surface area contributed by atoms with Crippen LogP contribution >= 0.6 is 0 Å².